The van der Waals surface area contributed by atoms with Crippen molar-refractivity contribution in [1.82, 2.24) is 0 Å². The van der Waals surface area contributed by atoms with Crippen LogP contribution < -0.4 is 0 Å². The van der Waals surface area contributed by atoms with Crippen LogP contribution in [0.1, 0.15) is 6.92 Å². The van der Waals surface area contributed by atoms with E-state index in [1.54, 1.807) is 0 Å². The van der Waals surface area contributed by atoms with Crippen LogP contribution in [0.25, 0.3) is 0 Å². The summed E-state index contributed by atoms with van der Waals surface area (Å²) in [5, 5.41) is 0. The second-order valence-electron chi connectivity index (χ2n) is 1.25. The van der Waals surface area contributed by atoms with E-state index in [1.807, 2.05) is 6.92 Å². The molecule has 0 aromatic heterocycles. The molecule has 0 atom stereocenters. The number of rotatable bonds is 2. The lowest BCUT2D eigenvalue weighted by Gasteiger charge is -2.07. The van der Waals surface area contributed by atoms with Gasteiger partial charge < -0.3 is 4.43 Å². The zero-order valence-electron chi connectivity index (χ0n) is 4.46. The quantitative estimate of drug-likeness (QED) is 0.476. The first-order valence-corrected chi connectivity index (χ1v) is 4.62. The third kappa shape index (κ3) is 7.05. The largest absolute Gasteiger partial charge is 0.419 e. The van der Waals surface area contributed by atoms with Gasteiger partial charge in [0, 0.05) is 6.61 Å². The van der Waals surface area contributed by atoms with Crippen LogP contribution in [0, 0.1) is 0 Å². The van der Waals surface area contributed by atoms with Crippen LogP contribution in [-0.2, 0) is 4.43 Å². The van der Waals surface area contributed by atoms with Gasteiger partial charge in [-0.25, -0.2) is 0 Å². The average Bonchev–Trinajstić information content (AvgIpc) is 1.59. The molecule has 8 heavy (non-hydrogen) atoms. The first kappa shape index (κ1) is 9.05. The van der Waals surface area contributed by atoms with Gasteiger partial charge in [0.25, 0.3) is 0 Å². The molecule has 0 spiro atoms. The summed E-state index contributed by atoms with van der Waals surface area (Å²) in [6, 6.07) is 0. The molecule has 50 valence electrons. The minimum atomic E-state index is -1.12. The van der Waals surface area contributed by atoms with E-state index in [-0.39, 0.29) is 0 Å². The van der Waals surface area contributed by atoms with Gasteiger partial charge in [-0.15, -0.1) is 0 Å². The lowest BCUT2D eigenvalue weighted by molar-refractivity contribution is 0.360. The van der Waals surface area contributed by atoms with E-state index in [9.17, 15) is 0 Å². The van der Waals surface area contributed by atoms with Gasteiger partial charge in [-0.3, -0.25) is 0 Å². The van der Waals surface area contributed by atoms with Crippen molar-refractivity contribution in [2.75, 3.05) is 6.61 Å². The van der Waals surface area contributed by atoms with E-state index in [0.717, 1.165) is 0 Å². The van der Waals surface area contributed by atoms with Crippen molar-refractivity contribution >= 4 is 44.6 Å². The molecule has 0 unspecified atom stereocenters. The highest BCUT2D eigenvalue weighted by Gasteiger charge is 2.19. The predicted molar refractivity (Wildman–Crippen MR) is 40.5 cm³/mol. The summed E-state index contributed by atoms with van der Waals surface area (Å²) < 4.78 is 3.83. The van der Waals surface area contributed by atoms with Crippen molar-refractivity contribution in [2.24, 2.45) is 0 Å². The van der Waals surface area contributed by atoms with Gasteiger partial charge in [-0.05, 0) is 6.92 Å². The average molecular weight is 194 g/mol. The molecule has 5 heteroatoms. The molecular weight excluding hydrogens is 186 g/mol. The molecule has 0 N–H and O–H groups in total. The van der Waals surface area contributed by atoms with Crippen LogP contribution >= 0.6 is 34.8 Å². The minimum absolute atomic E-state index is 0.639. The van der Waals surface area contributed by atoms with E-state index in [0.29, 0.717) is 6.61 Å². The Balaban J connectivity index is 3.11. The van der Waals surface area contributed by atoms with Crippen LogP contribution in [0.3, 0.4) is 0 Å². The first-order chi connectivity index (χ1) is 3.56. The van der Waals surface area contributed by atoms with E-state index < -0.39 is 13.2 Å². The molecule has 0 saturated heterocycles. The molecule has 0 radical (unpaired) electrons. The van der Waals surface area contributed by atoms with E-state index in [1.165, 1.54) is 0 Å². The van der Waals surface area contributed by atoms with Crippen LogP contribution in [0.2, 0.25) is 0 Å². The fourth-order valence-electron chi connectivity index (χ4n) is 0.218. The molecular formula is C3H7Cl3OSi. The molecule has 0 saturated carbocycles. The molecule has 0 aliphatic rings. The summed E-state index contributed by atoms with van der Waals surface area (Å²) in [5.41, 5.74) is 0. The summed E-state index contributed by atoms with van der Waals surface area (Å²) in [4.78, 5) is 0. The summed E-state index contributed by atoms with van der Waals surface area (Å²) >= 11 is 16.1. The Morgan fingerprint density at radius 3 is 2.12 bits per heavy atom. The first-order valence-electron chi connectivity index (χ1n) is 2.20. The molecule has 0 bridgehead atoms. The van der Waals surface area contributed by atoms with Crippen molar-refractivity contribution in [3.63, 3.8) is 0 Å². The molecule has 0 aliphatic carbocycles. The van der Waals surface area contributed by atoms with Crippen LogP contribution in [0.15, 0.2) is 0 Å². The Morgan fingerprint density at radius 2 is 2.00 bits per heavy atom. The molecule has 0 aliphatic heterocycles. The van der Waals surface area contributed by atoms with Gasteiger partial charge in [0.15, 0.2) is 3.42 Å². The highest BCUT2D eigenvalue weighted by Crippen LogP contribution is 2.23. The summed E-state index contributed by atoms with van der Waals surface area (Å²) in [6.45, 7) is 2.52. The molecule has 0 heterocycles. The van der Waals surface area contributed by atoms with Crippen LogP contribution in [-0.4, -0.2) is 19.8 Å². The molecule has 0 rings (SSSR count). The normalized spacial score (nSPS) is 13.5. The maximum atomic E-state index is 5.38. The summed E-state index contributed by atoms with van der Waals surface area (Å²) in [5.74, 6) is 0. The Hall–Kier alpha value is 1.05. The Morgan fingerprint density at radius 1 is 1.50 bits per heavy atom. The van der Waals surface area contributed by atoms with Crippen molar-refractivity contribution in [3.05, 3.63) is 0 Å². The highest BCUT2D eigenvalue weighted by molar-refractivity contribution is 6.85. The number of alkyl halides is 3. The van der Waals surface area contributed by atoms with E-state index in [4.69, 9.17) is 39.2 Å². The lowest BCUT2D eigenvalue weighted by Crippen LogP contribution is -2.17. The van der Waals surface area contributed by atoms with E-state index in [2.05, 4.69) is 0 Å². The van der Waals surface area contributed by atoms with Crippen molar-refractivity contribution in [1.29, 1.82) is 0 Å². The zero-order valence-corrected chi connectivity index (χ0v) is 8.14. The maximum absolute atomic E-state index is 5.38. The predicted octanol–water partition coefficient (Wildman–Crippen LogP) is 1.43. The minimum Gasteiger partial charge on any atom is -0.419 e. The van der Waals surface area contributed by atoms with Gasteiger partial charge in [0.1, 0.15) is 0 Å². The van der Waals surface area contributed by atoms with Crippen molar-refractivity contribution in [3.8, 4) is 0 Å². The second-order valence-corrected chi connectivity index (χ2v) is 6.87. The Bertz CT molecular complexity index is 62.0. The smallest absolute Gasteiger partial charge is 0.218 e. The monoisotopic (exact) mass is 192 g/mol. The Kier molecular flexibility index (Phi) is 4.48. The SMILES string of the molecule is CCO[SiH2]C(Cl)(Cl)Cl. The number of halogens is 3. The molecule has 0 aromatic carbocycles. The van der Waals surface area contributed by atoms with Gasteiger partial charge >= 0.3 is 0 Å². The van der Waals surface area contributed by atoms with Crippen LogP contribution in [0.5, 0.6) is 0 Å². The molecule has 0 aromatic rings. The second kappa shape index (κ2) is 3.96. The van der Waals surface area contributed by atoms with Crippen molar-refractivity contribution in [2.45, 2.75) is 10.3 Å². The lowest BCUT2D eigenvalue weighted by atomic mass is 10.9. The van der Waals surface area contributed by atoms with E-state index >= 15 is 0 Å². The zero-order chi connectivity index (χ0) is 6.62. The van der Waals surface area contributed by atoms with Crippen molar-refractivity contribution < 1.29 is 4.43 Å². The standard InChI is InChI=1S/C3H7Cl3OSi/c1-2-7-8-3(4,5)6/h2,8H2,1H3. The maximum Gasteiger partial charge on any atom is 0.218 e. The number of hydrogen-bond acceptors (Lipinski definition) is 1. The van der Waals surface area contributed by atoms with Gasteiger partial charge in [-0.1, -0.05) is 34.8 Å². The third-order valence-corrected chi connectivity index (χ3v) is 2.39. The van der Waals surface area contributed by atoms with Gasteiger partial charge in [0.2, 0.25) is 9.76 Å². The Labute approximate surface area is 66.2 Å². The molecule has 0 amide bonds. The topological polar surface area (TPSA) is 9.23 Å². The number of hydrogen-bond donors (Lipinski definition) is 0. The highest BCUT2D eigenvalue weighted by atomic mass is 35.6. The van der Waals surface area contributed by atoms with Gasteiger partial charge in [0.05, 0.1) is 0 Å². The fraction of sp³-hybridized carbons (Fsp3) is 1.00. The molecule has 0 fully saturated rings. The van der Waals surface area contributed by atoms with Gasteiger partial charge in [-0.2, -0.15) is 0 Å². The summed E-state index contributed by atoms with van der Waals surface area (Å²) in [6.07, 6.45) is 0. The fourth-order valence-corrected chi connectivity index (χ4v) is 1.35. The summed E-state index contributed by atoms with van der Waals surface area (Å²) in [7, 11) is -0.954. The third-order valence-electron chi connectivity index (χ3n) is 0.470. The molecule has 1 nitrogen and oxygen atoms in total. The van der Waals surface area contributed by atoms with Crippen LogP contribution in [0.4, 0.5) is 0 Å².